The monoisotopic (exact) mass is 323 g/mol. The van der Waals surface area contributed by atoms with E-state index in [1.165, 1.54) is 0 Å². The van der Waals surface area contributed by atoms with E-state index >= 15 is 0 Å². The summed E-state index contributed by atoms with van der Waals surface area (Å²) in [5.41, 5.74) is -0.235. The average Bonchev–Trinajstić information content (AvgIpc) is 2.96. The number of likely N-dealkylation sites (tertiary alicyclic amines) is 1. The van der Waals surface area contributed by atoms with Gasteiger partial charge < -0.3 is 15.5 Å². The highest BCUT2D eigenvalue weighted by molar-refractivity contribution is 7.09. The van der Waals surface area contributed by atoms with Crippen LogP contribution < -0.4 is 10.6 Å². The fourth-order valence-electron chi connectivity index (χ4n) is 2.53. The maximum absolute atomic E-state index is 12.3. The van der Waals surface area contributed by atoms with Gasteiger partial charge in [-0.3, -0.25) is 4.79 Å². The summed E-state index contributed by atoms with van der Waals surface area (Å²) in [4.78, 5) is 27.4. The molecule has 2 heterocycles. The molecule has 2 N–H and O–H groups in total. The molecular weight excluding hydrogens is 298 g/mol. The van der Waals surface area contributed by atoms with Crippen molar-refractivity contribution in [1.82, 2.24) is 15.5 Å². The summed E-state index contributed by atoms with van der Waals surface area (Å²) in [5.74, 6) is -0.0660. The normalized spacial score (nSPS) is 18.9. The standard InChI is InChI=1S/C16H25N3O2S/c1-16(2,3)18-14(20)12-6-4-8-19(11-12)15(21)17-10-13-7-5-9-22-13/h5,7,9,12H,4,6,8,10-11H2,1-3H3,(H,17,21)(H,18,20). The molecule has 0 radical (unpaired) electrons. The van der Waals surface area contributed by atoms with Crippen molar-refractivity contribution in [2.24, 2.45) is 5.92 Å². The molecule has 2 rings (SSSR count). The third-order valence-corrected chi connectivity index (χ3v) is 4.45. The SMILES string of the molecule is CC(C)(C)NC(=O)C1CCCN(C(=O)NCc2cccs2)C1. The first kappa shape index (κ1) is 16.8. The molecule has 1 fully saturated rings. The van der Waals surface area contributed by atoms with E-state index in [1.807, 2.05) is 38.3 Å². The Morgan fingerprint density at radius 1 is 1.41 bits per heavy atom. The molecule has 5 nitrogen and oxygen atoms in total. The molecule has 1 unspecified atom stereocenters. The molecule has 1 aromatic rings. The second-order valence-electron chi connectivity index (χ2n) is 6.76. The first-order valence-electron chi connectivity index (χ1n) is 7.72. The van der Waals surface area contributed by atoms with Gasteiger partial charge in [-0.05, 0) is 45.1 Å². The molecule has 0 spiro atoms. The number of thiophene rings is 1. The Hall–Kier alpha value is -1.56. The highest BCUT2D eigenvalue weighted by atomic mass is 32.1. The molecular formula is C16H25N3O2S. The minimum atomic E-state index is -0.235. The number of urea groups is 1. The lowest BCUT2D eigenvalue weighted by Crippen LogP contribution is -2.51. The van der Waals surface area contributed by atoms with Gasteiger partial charge in [-0.15, -0.1) is 11.3 Å². The predicted molar refractivity (Wildman–Crippen MR) is 88.7 cm³/mol. The lowest BCUT2D eigenvalue weighted by Gasteiger charge is -2.33. The predicted octanol–water partition coefficient (Wildman–Crippen LogP) is 2.58. The molecule has 0 aromatic carbocycles. The largest absolute Gasteiger partial charge is 0.351 e. The molecule has 22 heavy (non-hydrogen) atoms. The summed E-state index contributed by atoms with van der Waals surface area (Å²) in [6.07, 6.45) is 1.71. The second-order valence-corrected chi connectivity index (χ2v) is 7.79. The zero-order valence-electron chi connectivity index (χ0n) is 13.5. The van der Waals surface area contributed by atoms with E-state index in [-0.39, 0.29) is 23.4 Å². The fraction of sp³-hybridized carbons (Fsp3) is 0.625. The Morgan fingerprint density at radius 3 is 2.82 bits per heavy atom. The average molecular weight is 323 g/mol. The van der Waals surface area contributed by atoms with Gasteiger partial charge in [0.25, 0.3) is 0 Å². The van der Waals surface area contributed by atoms with Crippen LogP contribution in [0.15, 0.2) is 17.5 Å². The first-order valence-corrected chi connectivity index (χ1v) is 8.60. The number of rotatable bonds is 3. The lowest BCUT2D eigenvalue weighted by atomic mass is 9.96. The topological polar surface area (TPSA) is 61.4 Å². The highest BCUT2D eigenvalue weighted by Crippen LogP contribution is 2.18. The van der Waals surface area contributed by atoms with E-state index in [0.717, 1.165) is 24.3 Å². The van der Waals surface area contributed by atoms with Gasteiger partial charge in [0, 0.05) is 23.5 Å². The van der Waals surface area contributed by atoms with E-state index < -0.39 is 0 Å². The zero-order valence-corrected chi connectivity index (χ0v) is 14.3. The number of piperidine rings is 1. The van der Waals surface area contributed by atoms with Crippen molar-refractivity contribution in [3.8, 4) is 0 Å². The molecule has 1 saturated heterocycles. The van der Waals surface area contributed by atoms with Gasteiger partial charge in [0.2, 0.25) is 5.91 Å². The van der Waals surface area contributed by atoms with Crippen LogP contribution in [0.5, 0.6) is 0 Å². The third kappa shape index (κ3) is 5.02. The summed E-state index contributed by atoms with van der Waals surface area (Å²) < 4.78 is 0. The van der Waals surface area contributed by atoms with Gasteiger partial charge >= 0.3 is 6.03 Å². The number of carbonyl (C=O) groups is 2. The molecule has 6 heteroatoms. The van der Waals surface area contributed by atoms with Crippen LogP contribution in [0.25, 0.3) is 0 Å². The van der Waals surface area contributed by atoms with Gasteiger partial charge in [-0.25, -0.2) is 4.79 Å². The molecule has 3 amide bonds. The van der Waals surface area contributed by atoms with Crippen molar-refractivity contribution >= 4 is 23.3 Å². The fourth-order valence-corrected chi connectivity index (χ4v) is 3.18. The number of nitrogens with one attached hydrogen (secondary N) is 2. The quantitative estimate of drug-likeness (QED) is 0.898. The van der Waals surface area contributed by atoms with Crippen LogP contribution in [0.2, 0.25) is 0 Å². The van der Waals surface area contributed by atoms with Crippen molar-refractivity contribution in [2.75, 3.05) is 13.1 Å². The Labute approximate surface area is 136 Å². The Bertz CT molecular complexity index is 508. The molecule has 0 aliphatic carbocycles. The maximum atomic E-state index is 12.3. The lowest BCUT2D eigenvalue weighted by molar-refractivity contribution is -0.127. The van der Waals surface area contributed by atoms with Crippen LogP contribution >= 0.6 is 11.3 Å². The molecule has 122 valence electrons. The zero-order chi connectivity index (χ0) is 16.2. The minimum absolute atomic E-state index is 0.0447. The van der Waals surface area contributed by atoms with Crippen molar-refractivity contribution in [3.05, 3.63) is 22.4 Å². The molecule has 1 atom stereocenters. The van der Waals surface area contributed by atoms with Gasteiger partial charge in [-0.1, -0.05) is 6.07 Å². The summed E-state index contributed by atoms with van der Waals surface area (Å²) >= 11 is 1.63. The van der Waals surface area contributed by atoms with Gasteiger partial charge in [0.1, 0.15) is 0 Å². The van der Waals surface area contributed by atoms with Gasteiger partial charge in [-0.2, -0.15) is 0 Å². The molecule has 0 saturated carbocycles. The van der Waals surface area contributed by atoms with Crippen LogP contribution in [0, 0.1) is 5.92 Å². The minimum Gasteiger partial charge on any atom is -0.351 e. The summed E-state index contributed by atoms with van der Waals surface area (Å²) in [5, 5.41) is 7.93. The van der Waals surface area contributed by atoms with Crippen LogP contribution in [-0.2, 0) is 11.3 Å². The summed E-state index contributed by atoms with van der Waals surface area (Å²) in [6.45, 7) is 7.68. The van der Waals surface area contributed by atoms with Gasteiger partial charge in [0.05, 0.1) is 12.5 Å². The van der Waals surface area contributed by atoms with Crippen LogP contribution in [-0.4, -0.2) is 35.5 Å². The van der Waals surface area contributed by atoms with Crippen LogP contribution in [0.4, 0.5) is 4.79 Å². The van der Waals surface area contributed by atoms with E-state index in [9.17, 15) is 9.59 Å². The smallest absolute Gasteiger partial charge is 0.317 e. The van der Waals surface area contributed by atoms with Gasteiger partial charge in [0.15, 0.2) is 0 Å². The van der Waals surface area contributed by atoms with Crippen molar-refractivity contribution in [3.63, 3.8) is 0 Å². The number of hydrogen-bond acceptors (Lipinski definition) is 3. The first-order chi connectivity index (χ1) is 10.3. The van der Waals surface area contributed by atoms with E-state index in [0.29, 0.717) is 13.1 Å². The Balaban J connectivity index is 1.84. The molecule has 1 aliphatic heterocycles. The van der Waals surface area contributed by atoms with Crippen LogP contribution in [0.1, 0.15) is 38.5 Å². The van der Waals surface area contributed by atoms with Crippen molar-refractivity contribution in [2.45, 2.75) is 45.7 Å². The number of hydrogen-bond donors (Lipinski definition) is 2. The van der Waals surface area contributed by atoms with Crippen molar-refractivity contribution in [1.29, 1.82) is 0 Å². The summed E-state index contributed by atoms with van der Waals surface area (Å²) in [6, 6.07) is 3.89. The van der Waals surface area contributed by atoms with E-state index in [4.69, 9.17) is 0 Å². The van der Waals surface area contributed by atoms with Crippen molar-refractivity contribution < 1.29 is 9.59 Å². The Morgan fingerprint density at radius 2 is 2.18 bits per heavy atom. The van der Waals surface area contributed by atoms with E-state index in [2.05, 4.69) is 10.6 Å². The third-order valence-electron chi connectivity index (χ3n) is 3.57. The number of nitrogens with zero attached hydrogens (tertiary/aromatic N) is 1. The molecule has 0 bridgehead atoms. The van der Waals surface area contributed by atoms with E-state index in [1.54, 1.807) is 16.2 Å². The highest BCUT2D eigenvalue weighted by Gasteiger charge is 2.30. The Kier molecular flexibility index (Phi) is 5.45. The number of carbonyl (C=O) groups excluding carboxylic acids is 2. The molecule has 1 aromatic heterocycles. The summed E-state index contributed by atoms with van der Waals surface area (Å²) in [7, 11) is 0. The number of amides is 3. The second kappa shape index (κ2) is 7.13. The molecule has 1 aliphatic rings. The maximum Gasteiger partial charge on any atom is 0.317 e. The van der Waals surface area contributed by atoms with Crippen LogP contribution in [0.3, 0.4) is 0 Å².